The number of aryl methyl sites for hydroxylation is 1. The van der Waals surface area contributed by atoms with E-state index in [0.717, 1.165) is 12.5 Å². The van der Waals surface area contributed by atoms with Crippen LogP contribution in [0.4, 0.5) is 5.95 Å². The molecule has 2 rings (SSSR count). The number of fused-ring (bicyclic) bond motifs is 1. The molecule has 1 unspecified atom stereocenters. The predicted octanol–water partition coefficient (Wildman–Crippen LogP) is 1.72. The minimum absolute atomic E-state index is 0.597. The van der Waals surface area contributed by atoms with E-state index in [1.807, 2.05) is 12.4 Å². The van der Waals surface area contributed by atoms with Gasteiger partial charge in [-0.2, -0.15) is 0 Å². The van der Waals surface area contributed by atoms with E-state index in [9.17, 15) is 0 Å². The Morgan fingerprint density at radius 3 is 3.25 bits per heavy atom. The van der Waals surface area contributed by atoms with E-state index in [1.54, 1.807) is 0 Å². The molecule has 2 heterocycles. The highest BCUT2D eigenvalue weighted by molar-refractivity contribution is 5.29. The van der Waals surface area contributed by atoms with Crippen molar-refractivity contribution in [2.24, 2.45) is 5.92 Å². The van der Waals surface area contributed by atoms with Gasteiger partial charge in [-0.15, -0.1) is 0 Å². The smallest absolute Gasteiger partial charge is 0.202 e. The van der Waals surface area contributed by atoms with E-state index in [0.29, 0.717) is 12.0 Å². The summed E-state index contributed by atoms with van der Waals surface area (Å²) < 4.78 is 2.17. The quantitative estimate of drug-likeness (QED) is 0.686. The van der Waals surface area contributed by atoms with Crippen LogP contribution in [0.1, 0.15) is 20.3 Å². The summed E-state index contributed by atoms with van der Waals surface area (Å²) in [4.78, 5) is 4.24. The Bertz CT molecular complexity index is 264. The van der Waals surface area contributed by atoms with Gasteiger partial charge in [0.1, 0.15) is 0 Å². The number of aromatic nitrogens is 2. The van der Waals surface area contributed by atoms with Gasteiger partial charge in [0.05, 0.1) is 0 Å². The average Bonchev–Trinajstić information content (AvgIpc) is 2.49. The molecule has 0 saturated heterocycles. The minimum atomic E-state index is 0.597. The Labute approximate surface area is 72.8 Å². The fourth-order valence-corrected chi connectivity index (χ4v) is 1.65. The van der Waals surface area contributed by atoms with Gasteiger partial charge < -0.3 is 9.88 Å². The van der Waals surface area contributed by atoms with E-state index in [1.165, 1.54) is 6.42 Å². The first-order valence-electron chi connectivity index (χ1n) is 4.55. The molecule has 0 radical (unpaired) electrons. The van der Waals surface area contributed by atoms with Crippen LogP contribution >= 0.6 is 0 Å². The fourth-order valence-electron chi connectivity index (χ4n) is 1.65. The van der Waals surface area contributed by atoms with Gasteiger partial charge >= 0.3 is 0 Å². The van der Waals surface area contributed by atoms with E-state index < -0.39 is 0 Å². The molecule has 1 N–H and O–H groups in total. The van der Waals surface area contributed by atoms with Crippen LogP contribution in [-0.4, -0.2) is 15.6 Å². The zero-order valence-electron chi connectivity index (χ0n) is 7.62. The molecule has 0 fully saturated rings. The number of hydrogen-bond donors (Lipinski definition) is 1. The van der Waals surface area contributed by atoms with E-state index >= 15 is 0 Å². The zero-order valence-corrected chi connectivity index (χ0v) is 7.62. The van der Waals surface area contributed by atoms with Crippen molar-refractivity contribution in [3.05, 3.63) is 12.4 Å². The summed E-state index contributed by atoms with van der Waals surface area (Å²) in [5, 5.41) is 3.43. The van der Waals surface area contributed by atoms with Crippen molar-refractivity contribution < 1.29 is 0 Å². The molecule has 0 spiro atoms. The van der Waals surface area contributed by atoms with Crippen LogP contribution in [0.15, 0.2) is 12.4 Å². The maximum Gasteiger partial charge on any atom is 0.202 e. The van der Waals surface area contributed by atoms with E-state index in [-0.39, 0.29) is 0 Å². The number of nitrogens with one attached hydrogen (secondary N) is 1. The second-order valence-corrected chi connectivity index (χ2v) is 3.73. The molecule has 1 aliphatic heterocycles. The maximum atomic E-state index is 4.24. The Hall–Kier alpha value is -0.990. The number of imidazole rings is 1. The Morgan fingerprint density at radius 2 is 2.50 bits per heavy atom. The summed E-state index contributed by atoms with van der Waals surface area (Å²) in [6.07, 6.45) is 5.09. The first kappa shape index (κ1) is 7.65. The number of rotatable bonds is 1. The molecule has 0 aliphatic carbocycles. The van der Waals surface area contributed by atoms with Gasteiger partial charge in [-0.3, -0.25) is 0 Å². The molecule has 3 heteroatoms. The standard InChI is InChI=1S/C9H15N3/c1-7(2)8-3-5-12-6-4-10-9(12)11-8/h4,6-8H,3,5H2,1-2H3,(H,10,11). The molecule has 1 aromatic rings. The molecule has 1 aliphatic rings. The molecule has 0 bridgehead atoms. The normalized spacial score (nSPS) is 22.1. The molecule has 1 aromatic heterocycles. The van der Waals surface area contributed by atoms with Gasteiger partial charge in [-0.25, -0.2) is 4.98 Å². The molecule has 0 aromatic carbocycles. The second kappa shape index (κ2) is 2.81. The lowest BCUT2D eigenvalue weighted by molar-refractivity contribution is 0.433. The van der Waals surface area contributed by atoms with Gasteiger partial charge in [0.15, 0.2) is 0 Å². The monoisotopic (exact) mass is 165 g/mol. The lowest BCUT2D eigenvalue weighted by Gasteiger charge is -2.28. The van der Waals surface area contributed by atoms with Crippen molar-refractivity contribution >= 4 is 5.95 Å². The number of nitrogens with zero attached hydrogens (tertiary/aromatic N) is 2. The Balaban J connectivity index is 2.15. The van der Waals surface area contributed by atoms with Crippen LogP contribution in [0.5, 0.6) is 0 Å². The molecule has 1 atom stereocenters. The number of anilines is 1. The van der Waals surface area contributed by atoms with Gasteiger partial charge in [0.25, 0.3) is 0 Å². The van der Waals surface area contributed by atoms with Crippen LogP contribution in [0.25, 0.3) is 0 Å². The van der Waals surface area contributed by atoms with Crippen molar-refractivity contribution in [1.82, 2.24) is 9.55 Å². The van der Waals surface area contributed by atoms with Crippen molar-refractivity contribution in [2.75, 3.05) is 5.32 Å². The molecule has 3 nitrogen and oxygen atoms in total. The van der Waals surface area contributed by atoms with Gasteiger partial charge in [-0.05, 0) is 12.3 Å². The maximum absolute atomic E-state index is 4.24. The third-order valence-electron chi connectivity index (χ3n) is 2.52. The summed E-state index contributed by atoms with van der Waals surface area (Å²) in [6, 6.07) is 0.597. The van der Waals surface area contributed by atoms with Crippen LogP contribution < -0.4 is 5.32 Å². The van der Waals surface area contributed by atoms with Gasteiger partial charge in [0, 0.05) is 25.0 Å². The second-order valence-electron chi connectivity index (χ2n) is 3.73. The first-order chi connectivity index (χ1) is 5.77. The van der Waals surface area contributed by atoms with Crippen LogP contribution in [0.2, 0.25) is 0 Å². The molecule has 0 saturated carbocycles. The molecular weight excluding hydrogens is 150 g/mol. The highest BCUT2D eigenvalue weighted by Crippen LogP contribution is 2.19. The minimum Gasteiger partial charge on any atom is -0.353 e. The molecule has 12 heavy (non-hydrogen) atoms. The topological polar surface area (TPSA) is 29.9 Å². The fraction of sp³-hybridized carbons (Fsp3) is 0.667. The predicted molar refractivity (Wildman–Crippen MR) is 49.1 cm³/mol. The molecule has 0 amide bonds. The third-order valence-corrected chi connectivity index (χ3v) is 2.52. The SMILES string of the molecule is CC(C)C1CCn2ccnc2N1. The zero-order chi connectivity index (χ0) is 8.55. The van der Waals surface area contributed by atoms with Crippen LogP contribution in [-0.2, 0) is 6.54 Å². The summed E-state index contributed by atoms with van der Waals surface area (Å²) in [7, 11) is 0. The lowest BCUT2D eigenvalue weighted by atomic mass is 10.0. The largest absolute Gasteiger partial charge is 0.353 e. The van der Waals surface area contributed by atoms with E-state index in [2.05, 4.69) is 28.7 Å². The lowest BCUT2D eigenvalue weighted by Crippen LogP contribution is -2.32. The molecule has 66 valence electrons. The van der Waals surface area contributed by atoms with Crippen molar-refractivity contribution in [2.45, 2.75) is 32.9 Å². The van der Waals surface area contributed by atoms with E-state index in [4.69, 9.17) is 0 Å². The van der Waals surface area contributed by atoms with Gasteiger partial charge in [0.2, 0.25) is 5.95 Å². The summed E-state index contributed by atoms with van der Waals surface area (Å²) >= 11 is 0. The highest BCUT2D eigenvalue weighted by Gasteiger charge is 2.19. The van der Waals surface area contributed by atoms with Crippen molar-refractivity contribution in [1.29, 1.82) is 0 Å². The Kier molecular flexibility index (Phi) is 1.79. The van der Waals surface area contributed by atoms with Gasteiger partial charge in [-0.1, -0.05) is 13.8 Å². The summed E-state index contributed by atoms with van der Waals surface area (Å²) in [5.74, 6) is 1.72. The van der Waals surface area contributed by atoms with Crippen molar-refractivity contribution in [3.63, 3.8) is 0 Å². The summed E-state index contributed by atoms with van der Waals surface area (Å²) in [5.41, 5.74) is 0. The Morgan fingerprint density at radius 1 is 1.67 bits per heavy atom. The van der Waals surface area contributed by atoms with Crippen LogP contribution in [0, 0.1) is 5.92 Å². The molecular formula is C9H15N3. The average molecular weight is 165 g/mol. The summed E-state index contributed by atoms with van der Waals surface area (Å²) in [6.45, 7) is 5.59. The number of hydrogen-bond acceptors (Lipinski definition) is 2. The third kappa shape index (κ3) is 1.19. The van der Waals surface area contributed by atoms with Crippen LogP contribution in [0.3, 0.4) is 0 Å². The first-order valence-corrected chi connectivity index (χ1v) is 4.55. The van der Waals surface area contributed by atoms with Crippen molar-refractivity contribution in [3.8, 4) is 0 Å². The highest BCUT2D eigenvalue weighted by atomic mass is 15.2.